The van der Waals surface area contributed by atoms with Crippen molar-refractivity contribution in [3.8, 4) is 0 Å². The van der Waals surface area contributed by atoms with E-state index in [0.717, 1.165) is 37.3 Å². The molecule has 0 aromatic rings. The molecule has 1 heterocycles. The third kappa shape index (κ3) is 3.69. The maximum absolute atomic E-state index is 12.0. The normalized spacial score (nSPS) is 32.1. The zero-order valence-electron chi connectivity index (χ0n) is 12.4. The minimum Gasteiger partial charge on any atom is -0.355 e. The Kier molecular flexibility index (Phi) is 5.22. The first-order chi connectivity index (χ1) is 9.11. The second-order valence-electron chi connectivity index (χ2n) is 6.54. The molecule has 1 unspecified atom stereocenters. The molecule has 0 aromatic heterocycles. The van der Waals surface area contributed by atoms with Crippen LogP contribution in [0.4, 0.5) is 0 Å². The van der Waals surface area contributed by atoms with Crippen molar-refractivity contribution in [2.24, 2.45) is 23.5 Å². The van der Waals surface area contributed by atoms with Crippen LogP contribution in [0, 0.1) is 17.8 Å². The molecule has 1 amide bonds. The molecule has 0 aromatic carbocycles. The minimum atomic E-state index is 0.179. The lowest BCUT2D eigenvalue weighted by molar-refractivity contribution is -0.127. The zero-order chi connectivity index (χ0) is 13.8. The summed E-state index contributed by atoms with van der Waals surface area (Å²) in [7, 11) is 0. The quantitative estimate of drug-likeness (QED) is 0.787. The number of carbonyl (C=O) groups is 1. The fourth-order valence-corrected chi connectivity index (χ4v) is 3.36. The van der Waals surface area contributed by atoms with Crippen LogP contribution in [-0.2, 0) is 4.79 Å². The molecule has 0 spiro atoms. The molecule has 2 aliphatic rings. The summed E-state index contributed by atoms with van der Waals surface area (Å²) in [5.41, 5.74) is 5.43. The molecule has 1 saturated heterocycles. The summed E-state index contributed by atoms with van der Waals surface area (Å²) in [6, 6.07) is 0.734. The van der Waals surface area contributed by atoms with E-state index in [1.165, 1.54) is 19.4 Å². The zero-order valence-corrected chi connectivity index (χ0v) is 12.4. The van der Waals surface area contributed by atoms with Crippen LogP contribution in [-0.4, -0.2) is 43.0 Å². The number of nitrogens with zero attached hydrogens (tertiary/aromatic N) is 1. The predicted molar refractivity (Wildman–Crippen MR) is 77.7 cm³/mol. The van der Waals surface area contributed by atoms with Gasteiger partial charge in [0.15, 0.2) is 0 Å². The van der Waals surface area contributed by atoms with Crippen LogP contribution in [0.15, 0.2) is 0 Å². The molecular formula is C15H29N3O. The maximum Gasteiger partial charge on any atom is 0.224 e. The number of amides is 1. The lowest BCUT2D eigenvalue weighted by atomic mass is 9.72. The van der Waals surface area contributed by atoms with Gasteiger partial charge in [0.25, 0.3) is 0 Å². The van der Waals surface area contributed by atoms with E-state index >= 15 is 0 Å². The van der Waals surface area contributed by atoms with Gasteiger partial charge >= 0.3 is 0 Å². The Hall–Kier alpha value is -0.610. The molecule has 110 valence electrons. The van der Waals surface area contributed by atoms with Crippen LogP contribution in [0.3, 0.4) is 0 Å². The van der Waals surface area contributed by atoms with Gasteiger partial charge in [0.05, 0.1) is 5.92 Å². The summed E-state index contributed by atoms with van der Waals surface area (Å²) >= 11 is 0. The van der Waals surface area contributed by atoms with Crippen molar-refractivity contribution in [1.82, 2.24) is 10.2 Å². The van der Waals surface area contributed by atoms with Crippen molar-refractivity contribution in [3.63, 3.8) is 0 Å². The maximum atomic E-state index is 12.0. The van der Waals surface area contributed by atoms with Gasteiger partial charge in [-0.2, -0.15) is 0 Å². The number of nitrogens with one attached hydrogen (secondary N) is 1. The van der Waals surface area contributed by atoms with Crippen LogP contribution in [0.2, 0.25) is 0 Å². The Morgan fingerprint density at radius 3 is 2.79 bits per heavy atom. The molecule has 2 fully saturated rings. The molecule has 1 aliphatic heterocycles. The van der Waals surface area contributed by atoms with Crippen molar-refractivity contribution in [2.45, 2.75) is 45.6 Å². The smallest absolute Gasteiger partial charge is 0.224 e. The molecule has 0 bridgehead atoms. The first-order valence-corrected chi connectivity index (χ1v) is 7.83. The van der Waals surface area contributed by atoms with Gasteiger partial charge in [-0.15, -0.1) is 0 Å². The van der Waals surface area contributed by atoms with E-state index in [1.54, 1.807) is 0 Å². The molecule has 4 nitrogen and oxygen atoms in total. The summed E-state index contributed by atoms with van der Waals surface area (Å²) in [5.74, 6) is 2.09. The topological polar surface area (TPSA) is 58.4 Å². The van der Waals surface area contributed by atoms with Crippen LogP contribution in [0.5, 0.6) is 0 Å². The lowest BCUT2D eigenvalue weighted by Gasteiger charge is -2.47. The Bertz CT molecular complexity index is 300. The van der Waals surface area contributed by atoms with Gasteiger partial charge in [0.1, 0.15) is 0 Å². The summed E-state index contributed by atoms with van der Waals surface area (Å²) in [6.45, 7) is 7.90. The predicted octanol–water partition coefficient (Wildman–Crippen LogP) is 1.21. The molecule has 3 N–H and O–H groups in total. The van der Waals surface area contributed by atoms with Crippen molar-refractivity contribution in [3.05, 3.63) is 0 Å². The van der Waals surface area contributed by atoms with Crippen molar-refractivity contribution in [1.29, 1.82) is 0 Å². The third-order valence-electron chi connectivity index (χ3n) is 4.88. The van der Waals surface area contributed by atoms with Crippen LogP contribution in [0.1, 0.15) is 39.5 Å². The Balaban J connectivity index is 1.77. The number of hydrogen-bond donors (Lipinski definition) is 2. The lowest BCUT2D eigenvalue weighted by Crippen LogP contribution is -2.52. The van der Waals surface area contributed by atoms with Gasteiger partial charge in [0.2, 0.25) is 5.91 Å². The SMILES string of the molecule is CC(C)C1CC(N2CCCC(C(=O)NCCN)C2)C1. The van der Waals surface area contributed by atoms with Crippen LogP contribution < -0.4 is 11.1 Å². The summed E-state index contributed by atoms with van der Waals surface area (Å²) < 4.78 is 0. The van der Waals surface area contributed by atoms with E-state index in [9.17, 15) is 4.79 Å². The fraction of sp³-hybridized carbons (Fsp3) is 0.933. The number of rotatable bonds is 5. The third-order valence-corrected chi connectivity index (χ3v) is 4.88. The van der Waals surface area contributed by atoms with E-state index in [0.29, 0.717) is 13.1 Å². The molecule has 4 heteroatoms. The van der Waals surface area contributed by atoms with Gasteiger partial charge in [0, 0.05) is 25.7 Å². The molecule has 2 rings (SSSR count). The minimum absolute atomic E-state index is 0.179. The number of carbonyl (C=O) groups excluding carboxylic acids is 1. The highest BCUT2D eigenvalue weighted by Gasteiger charge is 2.37. The molecule has 0 radical (unpaired) electrons. The number of hydrogen-bond acceptors (Lipinski definition) is 3. The second kappa shape index (κ2) is 6.71. The van der Waals surface area contributed by atoms with Gasteiger partial charge < -0.3 is 11.1 Å². The molecule has 1 saturated carbocycles. The standard InChI is InChI=1S/C15H29N3O/c1-11(2)13-8-14(9-13)18-7-3-4-12(10-18)15(19)17-6-5-16/h11-14H,3-10,16H2,1-2H3,(H,17,19). The van der Waals surface area contributed by atoms with E-state index in [-0.39, 0.29) is 11.8 Å². The highest BCUT2D eigenvalue weighted by molar-refractivity contribution is 5.78. The Morgan fingerprint density at radius 2 is 2.16 bits per heavy atom. The monoisotopic (exact) mass is 267 g/mol. The summed E-state index contributed by atoms with van der Waals surface area (Å²) in [6.07, 6.45) is 4.85. The van der Waals surface area contributed by atoms with Crippen molar-refractivity contribution in [2.75, 3.05) is 26.2 Å². The number of nitrogens with two attached hydrogens (primary N) is 1. The van der Waals surface area contributed by atoms with E-state index in [1.807, 2.05) is 0 Å². The van der Waals surface area contributed by atoms with Crippen LogP contribution >= 0.6 is 0 Å². The van der Waals surface area contributed by atoms with Crippen molar-refractivity contribution >= 4 is 5.91 Å². The van der Waals surface area contributed by atoms with Crippen molar-refractivity contribution < 1.29 is 4.79 Å². The van der Waals surface area contributed by atoms with Gasteiger partial charge in [-0.25, -0.2) is 0 Å². The van der Waals surface area contributed by atoms with E-state index in [4.69, 9.17) is 5.73 Å². The van der Waals surface area contributed by atoms with Gasteiger partial charge in [-0.3, -0.25) is 9.69 Å². The van der Waals surface area contributed by atoms with Gasteiger partial charge in [-0.05, 0) is 44.1 Å². The summed E-state index contributed by atoms with van der Waals surface area (Å²) in [5, 5.41) is 2.93. The van der Waals surface area contributed by atoms with Gasteiger partial charge in [-0.1, -0.05) is 13.8 Å². The fourth-order valence-electron chi connectivity index (χ4n) is 3.36. The molecule has 1 aliphatic carbocycles. The van der Waals surface area contributed by atoms with E-state index < -0.39 is 0 Å². The molecular weight excluding hydrogens is 238 g/mol. The Morgan fingerprint density at radius 1 is 1.42 bits per heavy atom. The highest BCUT2D eigenvalue weighted by Crippen LogP contribution is 2.38. The highest BCUT2D eigenvalue weighted by atomic mass is 16.1. The second-order valence-corrected chi connectivity index (χ2v) is 6.54. The average Bonchev–Trinajstić information content (AvgIpc) is 2.34. The molecule has 19 heavy (non-hydrogen) atoms. The summed E-state index contributed by atoms with van der Waals surface area (Å²) in [4.78, 5) is 14.6. The first kappa shape index (κ1) is 14.8. The van der Waals surface area contributed by atoms with E-state index in [2.05, 4.69) is 24.1 Å². The number of likely N-dealkylation sites (tertiary alicyclic amines) is 1. The van der Waals surface area contributed by atoms with Crippen LogP contribution in [0.25, 0.3) is 0 Å². The Labute approximate surface area is 117 Å². The molecule has 1 atom stereocenters. The number of piperidine rings is 1. The first-order valence-electron chi connectivity index (χ1n) is 7.83. The average molecular weight is 267 g/mol. The largest absolute Gasteiger partial charge is 0.355 e.